The fourth-order valence-corrected chi connectivity index (χ4v) is 5.31. The van der Waals surface area contributed by atoms with E-state index in [1.165, 1.54) is 23.9 Å². The van der Waals surface area contributed by atoms with E-state index in [1.54, 1.807) is 42.0 Å². The molecule has 0 amide bonds. The lowest BCUT2D eigenvalue weighted by Crippen LogP contribution is -2.24. The summed E-state index contributed by atoms with van der Waals surface area (Å²) in [7, 11) is 1.66. The quantitative estimate of drug-likeness (QED) is 0.183. The number of aromatic nitrogens is 3. The Balaban J connectivity index is 1.65. The van der Waals surface area contributed by atoms with Gasteiger partial charge in [-0.2, -0.15) is 0 Å². The molecule has 8 heteroatoms. The van der Waals surface area contributed by atoms with E-state index in [2.05, 4.69) is 11.5 Å². The van der Waals surface area contributed by atoms with Crippen LogP contribution in [0.25, 0.3) is 10.9 Å². The van der Waals surface area contributed by atoms with E-state index < -0.39 is 0 Å². The number of nitrogens with zero attached hydrogens (tertiary/aromatic N) is 3. The third kappa shape index (κ3) is 5.23. The molecule has 2 aromatic heterocycles. The minimum absolute atomic E-state index is 0.0327. The Bertz CT molecular complexity index is 1430. The van der Waals surface area contributed by atoms with Crippen LogP contribution in [-0.2, 0) is 11.3 Å². The maximum Gasteiger partial charge on any atom is 0.262 e. The number of rotatable bonds is 9. The standard InChI is InChI=1S/C27H28FN3O3S/c1-17-13-23(19(3)31(17)18(2)15-34-4)25(32)16-35-27-29-24-8-6-5-7-22(24)26(33)30(27)14-20-9-11-21(28)12-10-20/h5-13,18H,14-16H2,1-4H3/t18-/m0/s1. The maximum atomic E-state index is 13.4. The van der Waals surface area contributed by atoms with Crippen molar-refractivity contribution in [1.82, 2.24) is 14.1 Å². The minimum atomic E-state index is -0.338. The summed E-state index contributed by atoms with van der Waals surface area (Å²) >= 11 is 1.24. The molecular formula is C27H28FN3O3S. The van der Waals surface area contributed by atoms with Crippen LogP contribution in [0.4, 0.5) is 4.39 Å². The van der Waals surface area contributed by atoms with Crippen LogP contribution in [0.15, 0.2) is 64.5 Å². The minimum Gasteiger partial charge on any atom is -0.383 e. The summed E-state index contributed by atoms with van der Waals surface area (Å²) in [5.74, 6) is -0.234. The Labute approximate surface area is 207 Å². The van der Waals surface area contributed by atoms with Crippen molar-refractivity contribution in [2.24, 2.45) is 0 Å². The molecule has 1 atom stereocenters. The van der Waals surface area contributed by atoms with Gasteiger partial charge in [0.05, 0.1) is 35.8 Å². The van der Waals surface area contributed by atoms with Gasteiger partial charge in [0.1, 0.15) is 5.82 Å². The van der Waals surface area contributed by atoms with E-state index in [4.69, 9.17) is 9.72 Å². The second kappa shape index (κ2) is 10.6. The molecule has 0 radical (unpaired) electrons. The Morgan fingerprint density at radius 1 is 1.14 bits per heavy atom. The molecule has 4 rings (SSSR count). The summed E-state index contributed by atoms with van der Waals surface area (Å²) in [5.41, 5.74) is 3.71. The fourth-order valence-electron chi connectivity index (χ4n) is 4.43. The molecule has 0 saturated heterocycles. The first-order valence-corrected chi connectivity index (χ1v) is 12.4. The topological polar surface area (TPSA) is 66.1 Å². The van der Waals surface area contributed by atoms with Crippen LogP contribution in [0.3, 0.4) is 0 Å². The monoisotopic (exact) mass is 493 g/mol. The van der Waals surface area contributed by atoms with Gasteiger partial charge >= 0.3 is 0 Å². The first-order valence-electron chi connectivity index (χ1n) is 11.4. The lowest BCUT2D eigenvalue weighted by molar-refractivity contribution is 0.102. The molecule has 0 N–H and O–H groups in total. The highest BCUT2D eigenvalue weighted by Crippen LogP contribution is 2.25. The lowest BCUT2D eigenvalue weighted by Gasteiger charge is -2.17. The number of benzene rings is 2. The number of aryl methyl sites for hydroxylation is 1. The van der Waals surface area contributed by atoms with Gasteiger partial charge in [-0.3, -0.25) is 14.2 Å². The van der Waals surface area contributed by atoms with Gasteiger partial charge in [-0.25, -0.2) is 9.37 Å². The van der Waals surface area contributed by atoms with Crippen molar-refractivity contribution in [2.45, 2.75) is 38.5 Å². The third-order valence-electron chi connectivity index (χ3n) is 6.05. The normalized spacial score (nSPS) is 12.3. The van der Waals surface area contributed by atoms with Crippen LogP contribution in [-0.4, -0.2) is 39.4 Å². The number of hydrogen-bond donors (Lipinski definition) is 0. The summed E-state index contributed by atoms with van der Waals surface area (Å²) in [6.07, 6.45) is 0. The smallest absolute Gasteiger partial charge is 0.262 e. The zero-order valence-corrected chi connectivity index (χ0v) is 21.1. The zero-order valence-electron chi connectivity index (χ0n) is 20.2. The predicted molar refractivity (Wildman–Crippen MR) is 137 cm³/mol. The van der Waals surface area contributed by atoms with Gasteiger partial charge in [0, 0.05) is 24.1 Å². The number of ether oxygens (including phenoxy) is 1. The molecule has 6 nitrogen and oxygen atoms in total. The number of fused-ring (bicyclic) bond motifs is 1. The van der Waals surface area contributed by atoms with Gasteiger partial charge in [-0.15, -0.1) is 0 Å². The van der Waals surface area contributed by atoms with Crippen molar-refractivity contribution in [3.8, 4) is 0 Å². The van der Waals surface area contributed by atoms with Crippen molar-refractivity contribution in [3.63, 3.8) is 0 Å². The average Bonchev–Trinajstić information content (AvgIpc) is 3.15. The van der Waals surface area contributed by atoms with Gasteiger partial charge < -0.3 is 9.30 Å². The summed E-state index contributed by atoms with van der Waals surface area (Å²) in [5, 5.41) is 0.953. The molecule has 0 aliphatic rings. The highest BCUT2D eigenvalue weighted by atomic mass is 32.2. The molecule has 0 unspecified atom stereocenters. The highest BCUT2D eigenvalue weighted by molar-refractivity contribution is 7.99. The number of Topliss-reactive ketones (excluding diaryl/α,β-unsaturated/α-hetero) is 1. The third-order valence-corrected chi connectivity index (χ3v) is 7.02. The fraction of sp³-hybridized carbons (Fsp3) is 0.296. The average molecular weight is 494 g/mol. The molecular weight excluding hydrogens is 465 g/mol. The van der Waals surface area contributed by atoms with Crippen LogP contribution in [0.1, 0.15) is 40.3 Å². The van der Waals surface area contributed by atoms with Gasteiger partial charge in [0.15, 0.2) is 10.9 Å². The molecule has 0 spiro atoms. The number of para-hydroxylation sites is 1. The Morgan fingerprint density at radius 3 is 2.57 bits per heavy atom. The van der Waals surface area contributed by atoms with Crippen molar-refractivity contribution < 1.29 is 13.9 Å². The summed E-state index contributed by atoms with van der Waals surface area (Å²) in [6.45, 7) is 6.76. The Kier molecular flexibility index (Phi) is 7.52. The van der Waals surface area contributed by atoms with Gasteiger partial charge in [0.25, 0.3) is 5.56 Å². The SMILES string of the molecule is COC[C@H](C)n1c(C)cc(C(=O)CSc2nc3ccccc3c(=O)n2Cc2ccc(F)cc2)c1C. The summed E-state index contributed by atoms with van der Waals surface area (Å²) in [6, 6.07) is 15.2. The first kappa shape index (κ1) is 24.9. The molecule has 182 valence electrons. The second-order valence-corrected chi connectivity index (χ2v) is 9.54. The van der Waals surface area contributed by atoms with E-state index in [0.29, 0.717) is 28.2 Å². The van der Waals surface area contributed by atoms with Crippen molar-refractivity contribution in [2.75, 3.05) is 19.5 Å². The number of carbonyl (C=O) groups excluding carboxylic acids is 1. The summed E-state index contributed by atoms with van der Waals surface area (Å²) < 4.78 is 22.3. The lowest BCUT2D eigenvalue weighted by atomic mass is 10.2. The van der Waals surface area contributed by atoms with E-state index in [-0.39, 0.29) is 35.5 Å². The number of thioether (sulfide) groups is 1. The van der Waals surface area contributed by atoms with E-state index in [0.717, 1.165) is 17.0 Å². The molecule has 0 aliphatic carbocycles. The van der Waals surface area contributed by atoms with Crippen LogP contribution < -0.4 is 5.56 Å². The van der Waals surface area contributed by atoms with Crippen LogP contribution in [0.2, 0.25) is 0 Å². The van der Waals surface area contributed by atoms with Crippen LogP contribution in [0, 0.1) is 19.7 Å². The molecule has 0 fully saturated rings. The van der Waals surface area contributed by atoms with Gasteiger partial charge in [0.2, 0.25) is 0 Å². The molecule has 4 aromatic rings. The second-order valence-electron chi connectivity index (χ2n) is 8.60. The summed E-state index contributed by atoms with van der Waals surface area (Å²) in [4.78, 5) is 31.2. The Hall–Kier alpha value is -3.23. The number of ketones is 1. The molecule has 0 aliphatic heterocycles. The van der Waals surface area contributed by atoms with Crippen molar-refractivity contribution >= 4 is 28.4 Å². The van der Waals surface area contributed by atoms with E-state index >= 15 is 0 Å². The van der Waals surface area contributed by atoms with E-state index in [9.17, 15) is 14.0 Å². The van der Waals surface area contributed by atoms with Crippen LogP contribution >= 0.6 is 11.8 Å². The van der Waals surface area contributed by atoms with E-state index in [1.807, 2.05) is 26.0 Å². The van der Waals surface area contributed by atoms with Gasteiger partial charge in [-0.1, -0.05) is 36.0 Å². The van der Waals surface area contributed by atoms with Crippen molar-refractivity contribution in [1.29, 1.82) is 0 Å². The zero-order chi connectivity index (χ0) is 25.1. The Morgan fingerprint density at radius 2 is 1.86 bits per heavy atom. The number of methoxy groups -OCH3 is 1. The number of halogens is 1. The highest BCUT2D eigenvalue weighted by Gasteiger charge is 2.20. The molecule has 2 aromatic carbocycles. The molecule has 2 heterocycles. The molecule has 0 bridgehead atoms. The maximum absolute atomic E-state index is 13.4. The largest absolute Gasteiger partial charge is 0.383 e. The van der Waals surface area contributed by atoms with Crippen molar-refractivity contribution in [3.05, 3.63) is 93.3 Å². The van der Waals surface area contributed by atoms with Gasteiger partial charge in [-0.05, 0) is 56.7 Å². The number of hydrogen-bond acceptors (Lipinski definition) is 5. The predicted octanol–water partition coefficient (Wildman–Crippen LogP) is 5.18. The molecule has 35 heavy (non-hydrogen) atoms. The van der Waals surface area contributed by atoms with Crippen LogP contribution in [0.5, 0.6) is 0 Å². The number of carbonyl (C=O) groups is 1. The molecule has 0 saturated carbocycles. The first-order chi connectivity index (χ1) is 16.8.